The summed E-state index contributed by atoms with van der Waals surface area (Å²) in [5.74, 6) is 0.132. The quantitative estimate of drug-likeness (QED) is 0.306. The number of hydrogen-bond donors (Lipinski definition) is 0. The number of benzene rings is 2. The molecule has 0 radical (unpaired) electrons. The van der Waals surface area contributed by atoms with Crippen LogP contribution < -0.4 is 0 Å². The van der Waals surface area contributed by atoms with E-state index < -0.39 is 17.2 Å². The smallest absolute Gasteiger partial charge is 0.333 e. The first-order valence-electron chi connectivity index (χ1n) is 11.4. The van der Waals surface area contributed by atoms with Gasteiger partial charge in [0.05, 0.1) is 12.2 Å². The van der Waals surface area contributed by atoms with E-state index in [1.54, 1.807) is 6.92 Å². The summed E-state index contributed by atoms with van der Waals surface area (Å²) in [6, 6.07) is 17.6. The Bertz CT molecular complexity index is 929. The van der Waals surface area contributed by atoms with Crippen LogP contribution in [0, 0.1) is 0 Å². The van der Waals surface area contributed by atoms with Crippen molar-refractivity contribution in [3.63, 3.8) is 0 Å². The van der Waals surface area contributed by atoms with Gasteiger partial charge in [0.25, 0.3) is 0 Å². The predicted octanol–water partition coefficient (Wildman–Crippen LogP) is 7.29. The fraction of sp³-hybridized carbons (Fsp3) is 0.483. The van der Waals surface area contributed by atoms with Gasteiger partial charge in [-0.3, -0.25) is 0 Å². The fourth-order valence-corrected chi connectivity index (χ4v) is 3.54. The first kappa shape index (κ1) is 25.9. The zero-order chi connectivity index (χ0) is 24.3. The molecule has 0 saturated heterocycles. The first-order chi connectivity index (χ1) is 14.7. The van der Waals surface area contributed by atoms with Crippen LogP contribution in [-0.2, 0) is 25.3 Å². The summed E-state index contributed by atoms with van der Waals surface area (Å²) in [6.07, 6.45) is 0. The molecule has 0 heterocycles. The van der Waals surface area contributed by atoms with E-state index in [-0.39, 0.29) is 12.0 Å². The number of esters is 1. The molecule has 0 spiro atoms. The van der Waals surface area contributed by atoms with Gasteiger partial charge in [-0.25, -0.2) is 4.79 Å². The molecule has 3 nitrogen and oxygen atoms in total. The molecule has 0 unspecified atom stereocenters. The van der Waals surface area contributed by atoms with E-state index in [1.165, 1.54) is 16.7 Å². The average molecular weight is 437 g/mol. The largest absolute Gasteiger partial charge is 0.454 e. The van der Waals surface area contributed by atoms with Crippen molar-refractivity contribution in [1.82, 2.24) is 0 Å². The van der Waals surface area contributed by atoms with Crippen molar-refractivity contribution in [3.8, 4) is 0 Å². The monoisotopic (exact) mass is 436 g/mol. The molecule has 0 amide bonds. The van der Waals surface area contributed by atoms with Crippen LogP contribution in [0.1, 0.15) is 90.5 Å². The van der Waals surface area contributed by atoms with Gasteiger partial charge in [0, 0.05) is 11.0 Å². The summed E-state index contributed by atoms with van der Waals surface area (Å²) in [4.78, 5) is 11.9. The highest BCUT2D eigenvalue weighted by atomic mass is 16.6. The lowest BCUT2D eigenvalue weighted by Gasteiger charge is -2.33. The molecule has 0 aliphatic carbocycles. The van der Waals surface area contributed by atoms with Crippen LogP contribution in [0.2, 0.25) is 0 Å². The lowest BCUT2D eigenvalue weighted by molar-refractivity contribution is -0.164. The van der Waals surface area contributed by atoms with Crippen LogP contribution >= 0.6 is 0 Å². The molecule has 3 heteroatoms. The maximum absolute atomic E-state index is 11.9. The van der Waals surface area contributed by atoms with Crippen molar-refractivity contribution >= 4 is 5.97 Å². The molecule has 2 aromatic rings. The third-order valence-electron chi connectivity index (χ3n) is 6.10. The van der Waals surface area contributed by atoms with Crippen LogP contribution in [0.25, 0.3) is 0 Å². The number of ether oxygens (including phenoxy) is 2. The van der Waals surface area contributed by atoms with E-state index in [9.17, 15) is 4.79 Å². The maximum Gasteiger partial charge on any atom is 0.333 e. The van der Waals surface area contributed by atoms with Crippen molar-refractivity contribution in [1.29, 1.82) is 0 Å². The third-order valence-corrected chi connectivity index (χ3v) is 6.10. The highest BCUT2D eigenvalue weighted by molar-refractivity contribution is 5.87. The molecule has 0 N–H and O–H groups in total. The van der Waals surface area contributed by atoms with Gasteiger partial charge in [-0.1, -0.05) is 82.8 Å². The van der Waals surface area contributed by atoms with Gasteiger partial charge in [-0.05, 0) is 62.8 Å². The standard InChI is InChI=1S/C29H40O3/c1-20(2)22-11-13-23(14-12-22)28(7,8)24-15-17-25(18-16-24)29(9,10)31-19-27(5,6)32-26(30)21(3)4/h11-18,20H,3,19H2,1-2,4-10H3. The molecular formula is C29H40O3. The highest BCUT2D eigenvalue weighted by Gasteiger charge is 2.30. The number of carbonyl (C=O) groups excluding carboxylic acids is 1. The maximum atomic E-state index is 11.9. The van der Waals surface area contributed by atoms with Gasteiger partial charge in [0.15, 0.2) is 0 Å². The summed E-state index contributed by atoms with van der Waals surface area (Å²) in [7, 11) is 0. The molecule has 0 aliphatic heterocycles. The van der Waals surface area contributed by atoms with E-state index in [0.717, 1.165) is 5.56 Å². The minimum absolute atomic E-state index is 0.0994. The molecule has 2 rings (SSSR count). The molecule has 174 valence electrons. The Hall–Kier alpha value is -2.39. The zero-order valence-electron chi connectivity index (χ0n) is 21.3. The Morgan fingerprint density at radius 3 is 1.72 bits per heavy atom. The summed E-state index contributed by atoms with van der Waals surface area (Å²) < 4.78 is 11.7. The Morgan fingerprint density at radius 1 is 0.844 bits per heavy atom. The van der Waals surface area contributed by atoms with Crippen molar-refractivity contribution in [2.75, 3.05) is 6.61 Å². The molecule has 32 heavy (non-hydrogen) atoms. The lowest BCUT2D eigenvalue weighted by Crippen LogP contribution is -2.37. The first-order valence-corrected chi connectivity index (χ1v) is 11.4. The minimum Gasteiger partial charge on any atom is -0.454 e. The van der Waals surface area contributed by atoms with Gasteiger partial charge in [0.2, 0.25) is 0 Å². The number of hydrogen-bond acceptors (Lipinski definition) is 3. The Balaban J connectivity index is 2.14. The molecule has 0 aliphatic rings. The van der Waals surface area contributed by atoms with E-state index in [4.69, 9.17) is 9.47 Å². The summed E-state index contributed by atoms with van der Waals surface area (Å²) in [5, 5.41) is 0. The van der Waals surface area contributed by atoms with Crippen molar-refractivity contribution < 1.29 is 14.3 Å². The molecule has 0 bridgehead atoms. The van der Waals surface area contributed by atoms with Crippen molar-refractivity contribution in [2.24, 2.45) is 0 Å². The third kappa shape index (κ3) is 6.32. The zero-order valence-corrected chi connectivity index (χ0v) is 21.3. The Kier molecular flexibility index (Phi) is 7.78. The van der Waals surface area contributed by atoms with Crippen molar-refractivity contribution in [3.05, 3.63) is 82.9 Å². The predicted molar refractivity (Wildman–Crippen MR) is 133 cm³/mol. The van der Waals surface area contributed by atoms with E-state index in [1.807, 2.05) is 27.7 Å². The van der Waals surface area contributed by atoms with Gasteiger partial charge >= 0.3 is 5.97 Å². The molecule has 0 atom stereocenters. The van der Waals surface area contributed by atoms with Gasteiger partial charge in [-0.15, -0.1) is 0 Å². The van der Waals surface area contributed by atoms with E-state index in [2.05, 4.69) is 82.8 Å². The molecule has 0 fully saturated rings. The van der Waals surface area contributed by atoms with Gasteiger partial charge in [-0.2, -0.15) is 0 Å². The minimum atomic E-state index is -0.739. The van der Waals surface area contributed by atoms with Gasteiger partial charge in [0.1, 0.15) is 5.60 Å². The van der Waals surface area contributed by atoms with Crippen LogP contribution in [0.15, 0.2) is 60.7 Å². The molecular weight excluding hydrogens is 396 g/mol. The Labute approximate surface area is 194 Å². The number of rotatable bonds is 9. The van der Waals surface area contributed by atoms with E-state index in [0.29, 0.717) is 11.5 Å². The van der Waals surface area contributed by atoms with Crippen molar-refractivity contribution in [2.45, 2.75) is 84.8 Å². The average Bonchev–Trinajstić information content (AvgIpc) is 2.72. The number of carbonyl (C=O) groups is 1. The Morgan fingerprint density at radius 2 is 1.28 bits per heavy atom. The van der Waals surface area contributed by atoms with Crippen LogP contribution in [0.3, 0.4) is 0 Å². The van der Waals surface area contributed by atoms with Crippen LogP contribution in [0.5, 0.6) is 0 Å². The topological polar surface area (TPSA) is 35.5 Å². The van der Waals surface area contributed by atoms with Gasteiger partial charge < -0.3 is 9.47 Å². The van der Waals surface area contributed by atoms with Crippen LogP contribution in [0.4, 0.5) is 0 Å². The van der Waals surface area contributed by atoms with Crippen LogP contribution in [-0.4, -0.2) is 18.2 Å². The normalized spacial score (nSPS) is 12.7. The van der Waals surface area contributed by atoms with E-state index >= 15 is 0 Å². The second-order valence-corrected chi connectivity index (χ2v) is 10.7. The SMILES string of the molecule is C=C(C)C(=O)OC(C)(C)COC(C)(C)c1ccc(C(C)(C)c2ccc(C(C)C)cc2)cc1. The highest BCUT2D eigenvalue weighted by Crippen LogP contribution is 2.34. The molecule has 0 aromatic heterocycles. The summed E-state index contributed by atoms with van der Waals surface area (Å²) >= 11 is 0. The fourth-order valence-electron chi connectivity index (χ4n) is 3.54. The molecule has 0 saturated carbocycles. The summed E-state index contributed by atoms with van der Waals surface area (Å²) in [6.45, 7) is 22.3. The second-order valence-electron chi connectivity index (χ2n) is 10.7. The molecule has 2 aromatic carbocycles. The second kappa shape index (κ2) is 9.62. The summed E-state index contributed by atoms with van der Waals surface area (Å²) in [5.41, 5.74) is 4.01. The lowest BCUT2D eigenvalue weighted by atomic mass is 9.77.